The Morgan fingerprint density at radius 3 is 2.68 bits per heavy atom. The summed E-state index contributed by atoms with van der Waals surface area (Å²) in [6.45, 7) is 2.03. The van der Waals surface area contributed by atoms with Crippen molar-refractivity contribution in [2.45, 2.75) is 44.8 Å². The van der Waals surface area contributed by atoms with Crippen molar-refractivity contribution in [3.8, 4) is 0 Å². The van der Waals surface area contributed by atoms with E-state index in [1.165, 1.54) is 12.0 Å². The number of hydrogen-bond donors (Lipinski definition) is 0. The summed E-state index contributed by atoms with van der Waals surface area (Å²) >= 11 is 0. The quantitative estimate of drug-likeness (QED) is 0.827. The molecule has 1 aromatic carbocycles. The number of benzene rings is 1. The van der Waals surface area contributed by atoms with Crippen LogP contribution in [0.5, 0.6) is 0 Å². The maximum absolute atomic E-state index is 12.1. The number of carbonyl (C=O) groups excluding carboxylic acids is 1. The number of aryl methyl sites for hydroxylation is 1. The van der Waals surface area contributed by atoms with Gasteiger partial charge in [0, 0.05) is 22.5 Å². The second-order valence-electron chi connectivity index (χ2n) is 5.52. The average molecular weight is 278 g/mol. The van der Waals surface area contributed by atoms with Gasteiger partial charge in [-0.05, 0) is 25.3 Å². The third-order valence-electron chi connectivity index (χ3n) is 3.77. The predicted molar refractivity (Wildman–Crippen MR) is 79.5 cm³/mol. The first-order valence-electron chi connectivity index (χ1n) is 7.08. The van der Waals surface area contributed by atoms with E-state index in [0.29, 0.717) is 5.75 Å². The topological polar surface area (TPSA) is 34.1 Å². The van der Waals surface area contributed by atoms with E-state index in [1.54, 1.807) is 0 Å². The van der Waals surface area contributed by atoms with E-state index in [2.05, 4.69) is 0 Å². The number of ketones is 1. The van der Waals surface area contributed by atoms with Crippen LogP contribution >= 0.6 is 0 Å². The van der Waals surface area contributed by atoms with Crippen LogP contribution < -0.4 is 0 Å². The van der Waals surface area contributed by atoms with Crippen LogP contribution in [0.3, 0.4) is 0 Å². The lowest BCUT2D eigenvalue weighted by Crippen LogP contribution is -2.23. The number of hydrogen-bond acceptors (Lipinski definition) is 2. The normalized spacial score (nSPS) is 18.2. The Kier molecular flexibility index (Phi) is 5.32. The van der Waals surface area contributed by atoms with Crippen LogP contribution in [-0.4, -0.2) is 15.7 Å². The lowest BCUT2D eigenvalue weighted by Gasteiger charge is -2.19. The highest BCUT2D eigenvalue weighted by Crippen LogP contribution is 2.24. The third kappa shape index (κ3) is 4.57. The molecule has 1 fully saturated rings. The molecule has 1 aliphatic rings. The summed E-state index contributed by atoms with van der Waals surface area (Å²) in [4.78, 5) is 12.1. The van der Waals surface area contributed by atoms with Crippen molar-refractivity contribution in [2.24, 2.45) is 5.92 Å². The summed E-state index contributed by atoms with van der Waals surface area (Å²) in [7, 11) is -1.06. The molecule has 0 amide bonds. The molecule has 0 aromatic heterocycles. The van der Waals surface area contributed by atoms with E-state index >= 15 is 0 Å². The summed E-state index contributed by atoms with van der Waals surface area (Å²) < 4.78 is 12.1. The van der Waals surface area contributed by atoms with Gasteiger partial charge in [-0.15, -0.1) is 0 Å². The highest BCUT2D eigenvalue weighted by Gasteiger charge is 2.22. The molecule has 1 saturated carbocycles. The van der Waals surface area contributed by atoms with Crippen LogP contribution in [0, 0.1) is 12.8 Å². The van der Waals surface area contributed by atoms with Crippen LogP contribution in [0.25, 0.3) is 0 Å². The van der Waals surface area contributed by atoms with Gasteiger partial charge < -0.3 is 0 Å². The smallest absolute Gasteiger partial charge is 0.148 e. The minimum Gasteiger partial charge on any atom is -0.298 e. The van der Waals surface area contributed by atoms with Gasteiger partial charge in [0.25, 0.3) is 0 Å². The van der Waals surface area contributed by atoms with E-state index in [9.17, 15) is 9.00 Å². The van der Waals surface area contributed by atoms with Gasteiger partial charge in [-0.2, -0.15) is 0 Å². The Labute approximate surface area is 118 Å². The van der Waals surface area contributed by atoms with Gasteiger partial charge in [0.15, 0.2) is 0 Å². The molecule has 19 heavy (non-hydrogen) atoms. The zero-order valence-electron chi connectivity index (χ0n) is 11.6. The second-order valence-corrected chi connectivity index (χ2v) is 6.98. The lowest BCUT2D eigenvalue weighted by molar-refractivity contribution is -0.121. The third-order valence-corrected chi connectivity index (χ3v) is 5.04. The molecule has 1 aliphatic carbocycles. The Morgan fingerprint density at radius 2 is 2.00 bits per heavy atom. The van der Waals surface area contributed by atoms with E-state index in [0.717, 1.165) is 31.2 Å². The number of Topliss-reactive ketones (excluding diaryl/α,β-unsaturated/α-hetero) is 1. The minimum atomic E-state index is -1.06. The molecule has 3 heteroatoms. The fraction of sp³-hybridized carbons (Fsp3) is 0.562. The molecule has 0 saturated heterocycles. The van der Waals surface area contributed by atoms with Crippen molar-refractivity contribution in [3.05, 3.63) is 35.4 Å². The van der Waals surface area contributed by atoms with Crippen LogP contribution in [0.2, 0.25) is 0 Å². The molecule has 104 valence electrons. The summed E-state index contributed by atoms with van der Waals surface area (Å²) in [6, 6.07) is 8.03. The molecular weight excluding hydrogens is 256 g/mol. The SMILES string of the molecule is Cc1cccc(CS(=O)CC(=O)C2CCCCC2)c1. The largest absolute Gasteiger partial charge is 0.298 e. The second kappa shape index (κ2) is 6.99. The van der Waals surface area contributed by atoms with Crippen molar-refractivity contribution in [2.75, 3.05) is 5.75 Å². The molecule has 0 heterocycles. The van der Waals surface area contributed by atoms with Crippen LogP contribution in [0.4, 0.5) is 0 Å². The Hall–Kier alpha value is -0.960. The average Bonchev–Trinajstić information content (AvgIpc) is 2.39. The van der Waals surface area contributed by atoms with Gasteiger partial charge in [0.05, 0.1) is 5.75 Å². The minimum absolute atomic E-state index is 0.176. The van der Waals surface area contributed by atoms with Crippen molar-refractivity contribution >= 4 is 16.6 Å². The van der Waals surface area contributed by atoms with Gasteiger partial charge >= 0.3 is 0 Å². The lowest BCUT2D eigenvalue weighted by atomic mass is 9.87. The molecule has 1 unspecified atom stereocenters. The van der Waals surface area contributed by atoms with E-state index in [4.69, 9.17) is 0 Å². The zero-order chi connectivity index (χ0) is 13.7. The molecule has 2 nitrogen and oxygen atoms in total. The molecule has 0 N–H and O–H groups in total. The van der Waals surface area contributed by atoms with Crippen molar-refractivity contribution in [1.82, 2.24) is 0 Å². The molecule has 2 rings (SSSR count). The van der Waals surface area contributed by atoms with Crippen LogP contribution in [0.15, 0.2) is 24.3 Å². The molecule has 0 bridgehead atoms. The molecular formula is C16H22O2S. The standard InChI is InChI=1S/C16H22O2S/c1-13-6-5-7-14(10-13)11-19(18)12-16(17)15-8-3-2-4-9-15/h5-7,10,15H,2-4,8-9,11-12H2,1H3. The van der Waals surface area contributed by atoms with Crippen molar-refractivity contribution in [3.63, 3.8) is 0 Å². The molecule has 0 radical (unpaired) electrons. The van der Waals surface area contributed by atoms with Gasteiger partial charge in [-0.25, -0.2) is 0 Å². The molecule has 0 aliphatic heterocycles. The molecule has 0 spiro atoms. The van der Waals surface area contributed by atoms with Gasteiger partial charge in [-0.1, -0.05) is 49.1 Å². The Balaban J connectivity index is 1.85. The predicted octanol–water partition coefficient (Wildman–Crippen LogP) is 3.39. The first kappa shape index (κ1) is 14.4. The summed E-state index contributed by atoms with van der Waals surface area (Å²) in [5.41, 5.74) is 2.24. The van der Waals surface area contributed by atoms with Crippen molar-refractivity contribution in [1.29, 1.82) is 0 Å². The highest BCUT2D eigenvalue weighted by molar-refractivity contribution is 7.84. The van der Waals surface area contributed by atoms with E-state index < -0.39 is 10.8 Å². The first-order chi connectivity index (χ1) is 9.15. The van der Waals surface area contributed by atoms with E-state index in [-0.39, 0.29) is 17.5 Å². The first-order valence-corrected chi connectivity index (χ1v) is 8.57. The van der Waals surface area contributed by atoms with Gasteiger partial charge in [0.1, 0.15) is 5.78 Å². The maximum atomic E-state index is 12.1. The molecule has 1 atom stereocenters. The van der Waals surface area contributed by atoms with Crippen molar-refractivity contribution < 1.29 is 9.00 Å². The molecule has 1 aromatic rings. The van der Waals surface area contributed by atoms with E-state index in [1.807, 2.05) is 31.2 Å². The summed E-state index contributed by atoms with van der Waals surface area (Å²) in [5, 5.41) is 0. The fourth-order valence-corrected chi connectivity index (χ4v) is 3.95. The monoisotopic (exact) mass is 278 g/mol. The van der Waals surface area contributed by atoms with Gasteiger partial charge in [-0.3, -0.25) is 9.00 Å². The fourth-order valence-electron chi connectivity index (χ4n) is 2.74. The Bertz CT molecular complexity index is 462. The summed E-state index contributed by atoms with van der Waals surface area (Å²) in [6.07, 6.45) is 5.55. The Morgan fingerprint density at radius 1 is 1.26 bits per heavy atom. The van der Waals surface area contributed by atoms with Gasteiger partial charge in [0.2, 0.25) is 0 Å². The van der Waals surface area contributed by atoms with Crippen LogP contribution in [0.1, 0.15) is 43.2 Å². The summed E-state index contributed by atoms with van der Waals surface area (Å²) in [5.74, 6) is 1.12. The highest BCUT2D eigenvalue weighted by atomic mass is 32.2. The number of rotatable bonds is 5. The zero-order valence-corrected chi connectivity index (χ0v) is 12.4. The van der Waals surface area contributed by atoms with Crippen LogP contribution in [-0.2, 0) is 21.3 Å². The number of carbonyl (C=O) groups is 1. The maximum Gasteiger partial charge on any atom is 0.148 e.